The zero-order valence-electron chi connectivity index (χ0n) is 19.3. The van der Waals surface area contributed by atoms with Gasteiger partial charge in [0, 0.05) is 17.3 Å². The highest BCUT2D eigenvalue weighted by molar-refractivity contribution is 6.05. The Bertz CT molecular complexity index is 1330. The lowest BCUT2D eigenvalue weighted by atomic mass is 9.99. The summed E-state index contributed by atoms with van der Waals surface area (Å²) in [6.07, 6.45) is 5.24. The molecule has 0 spiro atoms. The Morgan fingerprint density at radius 3 is 2.79 bits per heavy atom. The number of nitrogens with zero attached hydrogens (tertiary/aromatic N) is 5. The predicted octanol–water partition coefficient (Wildman–Crippen LogP) is 3.59. The smallest absolute Gasteiger partial charge is 0.256 e. The highest BCUT2D eigenvalue weighted by Gasteiger charge is 2.27. The van der Waals surface area contributed by atoms with E-state index >= 15 is 0 Å². The summed E-state index contributed by atoms with van der Waals surface area (Å²) in [4.78, 5) is 25.7. The van der Waals surface area contributed by atoms with Crippen LogP contribution >= 0.6 is 0 Å². The van der Waals surface area contributed by atoms with E-state index in [-0.39, 0.29) is 11.9 Å². The number of anilines is 2. The molecular weight excluding hydrogens is 428 g/mol. The molecule has 0 saturated carbocycles. The number of carbonyl (C=O) groups excluding carboxylic acids is 1. The van der Waals surface area contributed by atoms with Crippen molar-refractivity contribution in [1.29, 1.82) is 0 Å². The number of carbonyl (C=O) groups is 1. The van der Waals surface area contributed by atoms with E-state index in [1.54, 1.807) is 18.3 Å². The van der Waals surface area contributed by atoms with E-state index < -0.39 is 0 Å². The summed E-state index contributed by atoms with van der Waals surface area (Å²) < 4.78 is 2.02. The van der Waals surface area contributed by atoms with Crippen LogP contribution in [0.5, 0.6) is 0 Å². The lowest BCUT2D eigenvalue weighted by molar-refractivity contribution is 0.102. The fourth-order valence-corrected chi connectivity index (χ4v) is 4.55. The maximum absolute atomic E-state index is 12.7. The molecule has 9 nitrogen and oxygen atoms in total. The third-order valence-corrected chi connectivity index (χ3v) is 6.47. The number of amides is 1. The monoisotopic (exact) mass is 456 g/mol. The highest BCUT2D eigenvalue weighted by atomic mass is 16.1. The number of pyridine rings is 1. The first-order valence-electron chi connectivity index (χ1n) is 11.6. The molecule has 1 aromatic carbocycles. The number of nitrogens with one attached hydrogen (secondary N) is 2. The Morgan fingerprint density at radius 1 is 1.18 bits per heavy atom. The van der Waals surface area contributed by atoms with Gasteiger partial charge in [0.25, 0.3) is 5.91 Å². The van der Waals surface area contributed by atoms with Crippen molar-refractivity contribution in [2.45, 2.75) is 32.7 Å². The average molecular weight is 457 g/mol. The number of rotatable bonds is 4. The standard InChI is InChI=1S/C25H28N8O/c1-15-5-3-12-28-23(15)31-25(34)18-9-7-17(8-10-18)21-20-22(26)29-14-30-24(20)33(32-21)19-6-4-11-27-13-16(19)2/h3,5,7-10,12,14,16,19,27H,4,6,11,13H2,1-2H3,(H2,26,29,30)(H,28,31,34)/t16-,19?/m0/s1. The maximum atomic E-state index is 12.7. The zero-order valence-corrected chi connectivity index (χ0v) is 19.3. The Hall–Kier alpha value is -3.85. The van der Waals surface area contributed by atoms with Crippen molar-refractivity contribution in [3.05, 3.63) is 60.0 Å². The minimum atomic E-state index is -0.216. The van der Waals surface area contributed by atoms with E-state index in [0.717, 1.165) is 53.8 Å². The molecule has 1 saturated heterocycles. The van der Waals surface area contributed by atoms with Crippen LogP contribution in [-0.2, 0) is 0 Å². The molecule has 4 heterocycles. The number of hydrogen-bond acceptors (Lipinski definition) is 7. The van der Waals surface area contributed by atoms with Crippen LogP contribution in [0.25, 0.3) is 22.3 Å². The summed E-state index contributed by atoms with van der Waals surface area (Å²) in [5.41, 5.74) is 10.1. The Labute approximate surface area is 197 Å². The van der Waals surface area contributed by atoms with Gasteiger partial charge in [-0.05, 0) is 62.5 Å². The third-order valence-electron chi connectivity index (χ3n) is 6.47. The van der Waals surface area contributed by atoms with Crippen LogP contribution in [0.1, 0.15) is 41.7 Å². The molecule has 2 atom stereocenters. The normalized spacial score (nSPS) is 18.5. The number of aryl methyl sites for hydroxylation is 1. The molecule has 1 fully saturated rings. The van der Waals surface area contributed by atoms with E-state index in [9.17, 15) is 4.79 Å². The van der Waals surface area contributed by atoms with Gasteiger partial charge in [-0.25, -0.2) is 19.6 Å². The second-order valence-corrected chi connectivity index (χ2v) is 8.84. The van der Waals surface area contributed by atoms with Crippen molar-refractivity contribution < 1.29 is 4.79 Å². The van der Waals surface area contributed by atoms with Gasteiger partial charge < -0.3 is 16.4 Å². The second-order valence-electron chi connectivity index (χ2n) is 8.84. The van der Waals surface area contributed by atoms with Gasteiger partial charge in [0.15, 0.2) is 5.65 Å². The van der Waals surface area contributed by atoms with Gasteiger partial charge in [-0.15, -0.1) is 0 Å². The number of fused-ring (bicyclic) bond motifs is 1. The molecule has 0 aliphatic carbocycles. The molecule has 4 aromatic rings. The average Bonchev–Trinajstić information content (AvgIpc) is 3.10. The van der Waals surface area contributed by atoms with E-state index in [4.69, 9.17) is 10.8 Å². The first kappa shape index (κ1) is 22.0. The van der Waals surface area contributed by atoms with Crippen LogP contribution in [0.2, 0.25) is 0 Å². The van der Waals surface area contributed by atoms with Crippen LogP contribution in [0.4, 0.5) is 11.6 Å². The number of benzene rings is 1. The second kappa shape index (κ2) is 9.18. The lowest BCUT2D eigenvalue weighted by Crippen LogP contribution is -2.25. The Kier molecular flexibility index (Phi) is 5.93. The van der Waals surface area contributed by atoms with Crippen LogP contribution in [0, 0.1) is 12.8 Å². The van der Waals surface area contributed by atoms with E-state index in [1.807, 2.05) is 35.9 Å². The number of hydrogen-bond donors (Lipinski definition) is 3. The predicted molar refractivity (Wildman–Crippen MR) is 132 cm³/mol. The van der Waals surface area contributed by atoms with Crippen molar-refractivity contribution >= 4 is 28.6 Å². The molecule has 1 aliphatic rings. The summed E-state index contributed by atoms with van der Waals surface area (Å²) in [6.45, 7) is 6.08. The van der Waals surface area contributed by atoms with Crippen molar-refractivity contribution in [2.24, 2.45) is 5.92 Å². The highest BCUT2D eigenvalue weighted by Crippen LogP contribution is 2.35. The van der Waals surface area contributed by atoms with Crippen molar-refractivity contribution in [3.63, 3.8) is 0 Å². The first-order valence-corrected chi connectivity index (χ1v) is 11.6. The van der Waals surface area contributed by atoms with Gasteiger partial charge in [-0.3, -0.25) is 4.79 Å². The van der Waals surface area contributed by atoms with Crippen LogP contribution in [0.15, 0.2) is 48.9 Å². The summed E-state index contributed by atoms with van der Waals surface area (Å²) >= 11 is 0. The molecule has 3 aromatic heterocycles. The minimum Gasteiger partial charge on any atom is -0.383 e. The van der Waals surface area contributed by atoms with Gasteiger partial charge in [0.1, 0.15) is 23.7 Å². The van der Waals surface area contributed by atoms with Crippen LogP contribution < -0.4 is 16.4 Å². The molecule has 4 N–H and O–H groups in total. The number of aromatic nitrogens is 5. The van der Waals surface area contributed by atoms with Gasteiger partial charge in [-0.1, -0.05) is 25.1 Å². The molecule has 34 heavy (non-hydrogen) atoms. The van der Waals surface area contributed by atoms with E-state index in [2.05, 4.69) is 32.5 Å². The topological polar surface area (TPSA) is 124 Å². The molecule has 174 valence electrons. The molecule has 1 aliphatic heterocycles. The number of nitrogen functional groups attached to an aromatic ring is 1. The molecular formula is C25H28N8O. The maximum Gasteiger partial charge on any atom is 0.256 e. The Morgan fingerprint density at radius 2 is 2.00 bits per heavy atom. The van der Waals surface area contributed by atoms with Crippen LogP contribution in [0.3, 0.4) is 0 Å². The SMILES string of the molecule is Cc1cccnc1NC(=O)c1ccc(-c2nn(C3CCCNC[C@@H]3C)c3ncnc(N)c23)cc1. The third kappa shape index (κ3) is 4.10. The molecule has 0 bridgehead atoms. The largest absolute Gasteiger partial charge is 0.383 e. The minimum absolute atomic E-state index is 0.215. The van der Waals surface area contributed by atoms with Gasteiger partial charge in [0.05, 0.1) is 11.4 Å². The summed E-state index contributed by atoms with van der Waals surface area (Å²) in [5, 5.41) is 12.1. The summed E-state index contributed by atoms with van der Waals surface area (Å²) in [6, 6.07) is 11.3. The zero-order chi connectivity index (χ0) is 23.7. The van der Waals surface area contributed by atoms with E-state index in [0.29, 0.717) is 23.1 Å². The van der Waals surface area contributed by atoms with Crippen molar-refractivity contribution in [3.8, 4) is 11.3 Å². The van der Waals surface area contributed by atoms with Gasteiger partial charge in [-0.2, -0.15) is 5.10 Å². The molecule has 5 rings (SSSR count). The first-order chi connectivity index (χ1) is 16.5. The lowest BCUT2D eigenvalue weighted by Gasteiger charge is -2.22. The molecule has 0 radical (unpaired) electrons. The van der Waals surface area contributed by atoms with E-state index in [1.165, 1.54) is 6.33 Å². The molecule has 1 amide bonds. The fraction of sp³-hybridized carbons (Fsp3) is 0.320. The fourth-order valence-electron chi connectivity index (χ4n) is 4.55. The molecule has 1 unspecified atom stereocenters. The van der Waals surface area contributed by atoms with Gasteiger partial charge >= 0.3 is 0 Å². The van der Waals surface area contributed by atoms with Crippen molar-refractivity contribution in [1.82, 2.24) is 30.0 Å². The summed E-state index contributed by atoms with van der Waals surface area (Å²) in [5.74, 6) is 1.14. The molecule has 9 heteroatoms. The van der Waals surface area contributed by atoms with Crippen molar-refractivity contribution in [2.75, 3.05) is 24.1 Å². The summed E-state index contributed by atoms with van der Waals surface area (Å²) in [7, 11) is 0. The Balaban J connectivity index is 1.49. The number of nitrogens with two attached hydrogens (primary N) is 1. The van der Waals surface area contributed by atoms with Gasteiger partial charge in [0.2, 0.25) is 0 Å². The quantitative estimate of drug-likeness (QED) is 0.429. The van der Waals surface area contributed by atoms with Crippen LogP contribution in [-0.4, -0.2) is 43.7 Å².